The number of hydrogen-bond acceptors (Lipinski definition) is 3. The molecule has 2 amide bonds. The third-order valence-corrected chi connectivity index (χ3v) is 4.37. The molecule has 1 aliphatic rings. The van der Waals surface area contributed by atoms with Gasteiger partial charge in [-0.3, -0.25) is 9.59 Å². The lowest BCUT2D eigenvalue weighted by Gasteiger charge is -2.33. The van der Waals surface area contributed by atoms with E-state index in [4.69, 9.17) is 4.74 Å². The minimum atomic E-state index is -0.751. The molecule has 2 aromatic rings. The van der Waals surface area contributed by atoms with E-state index in [-0.39, 0.29) is 18.4 Å². The first-order valence-corrected chi connectivity index (χ1v) is 8.29. The van der Waals surface area contributed by atoms with Crippen LogP contribution in [0.1, 0.15) is 23.6 Å². The van der Waals surface area contributed by atoms with Gasteiger partial charge in [-0.25, -0.2) is 0 Å². The molecule has 0 saturated carbocycles. The van der Waals surface area contributed by atoms with Crippen molar-refractivity contribution in [1.29, 1.82) is 0 Å². The number of carbonyl (C=O) groups excluding carboxylic acids is 2. The van der Waals surface area contributed by atoms with Crippen molar-refractivity contribution < 1.29 is 14.3 Å². The SMILES string of the molecule is CC(=O)N1CC(C(=O)Nc2c(C)cc(C)cc2C)Oc2ccccc21. The van der Waals surface area contributed by atoms with E-state index in [1.807, 2.05) is 51.1 Å². The highest BCUT2D eigenvalue weighted by Crippen LogP contribution is 2.33. The van der Waals surface area contributed by atoms with Crippen LogP contribution in [0.3, 0.4) is 0 Å². The molecule has 1 N–H and O–H groups in total. The number of aryl methyl sites for hydroxylation is 3. The fraction of sp³-hybridized carbons (Fsp3) is 0.300. The molecule has 2 aromatic carbocycles. The maximum atomic E-state index is 12.8. The number of benzene rings is 2. The monoisotopic (exact) mass is 338 g/mol. The summed E-state index contributed by atoms with van der Waals surface area (Å²) in [5, 5.41) is 2.96. The second-order valence-electron chi connectivity index (χ2n) is 6.47. The van der Waals surface area contributed by atoms with Crippen LogP contribution >= 0.6 is 0 Å². The summed E-state index contributed by atoms with van der Waals surface area (Å²) in [4.78, 5) is 26.3. The zero-order valence-corrected chi connectivity index (χ0v) is 14.9. The second kappa shape index (κ2) is 6.59. The molecule has 25 heavy (non-hydrogen) atoms. The molecule has 0 aliphatic carbocycles. The minimum absolute atomic E-state index is 0.115. The van der Waals surface area contributed by atoms with Crippen LogP contribution in [-0.2, 0) is 9.59 Å². The Bertz CT molecular complexity index is 822. The van der Waals surface area contributed by atoms with Gasteiger partial charge in [0.05, 0.1) is 12.2 Å². The number of nitrogens with zero attached hydrogens (tertiary/aromatic N) is 1. The van der Waals surface area contributed by atoms with Gasteiger partial charge in [-0.05, 0) is 44.0 Å². The van der Waals surface area contributed by atoms with Crippen LogP contribution in [0.25, 0.3) is 0 Å². The molecule has 0 aromatic heterocycles. The summed E-state index contributed by atoms with van der Waals surface area (Å²) in [6.07, 6.45) is -0.751. The van der Waals surface area contributed by atoms with Crippen molar-refractivity contribution in [1.82, 2.24) is 0 Å². The van der Waals surface area contributed by atoms with E-state index in [0.29, 0.717) is 11.4 Å². The summed E-state index contributed by atoms with van der Waals surface area (Å²) in [7, 11) is 0. The number of para-hydroxylation sites is 2. The van der Waals surface area contributed by atoms with Gasteiger partial charge in [0, 0.05) is 12.6 Å². The number of carbonyl (C=O) groups is 2. The van der Waals surface area contributed by atoms with E-state index in [9.17, 15) is 9.59 Å². The highest BCUT2D eigenvalue weighted by atomic mass is 16.5. The summed E-state index contributed by atoms with van der Waals surface area (Å²) < 4.78 is 5.84. The average molecular weight is 338 g/mol. The molecule has 5 nitrogen and oxygen atoms in total. The lowest BCUT2D eigenvalue weighted by Crippen LogP contribution is -2.48. The van der Waals surface area contributed by atoms with Crippen LogP contribution < -0.4 is 15.0 Å². The first-order chi connectivity index (χ1) is 11.9. The van der Waals surface area contributed by atoms with Crippen LogP contribution in [-0.4, -0.2) is 24.5 Å². The molecule has 130 valence electrons. The average Bonchev–Trinajstić information content (AvgIpc) is 2.56. The van der Waals surface area contributed by atoms with E-state index in [0.717, 1.165) is 22.4 Å². The summed E-state index contributed by atoms with van der Waals surface area (Å²) >= 11 is 0. The molecular weight excluding hydrogens is 316 g/mol. The number of hydrogen-bond donors (Lipinski definition) is 1. The molecule has 5 heteroatoms. The summed E-state index contributed by atoms with van der Waals surface area (Å²) in [5.41, 5.74) is 4.66. The predicted octanol–water partition coefficient (Wildman–Crippen LogP) is 3.36. The lowest BCUT2D eigenvalue weighted by molar-refractivity contribution is -0.123. The third kappa shape index (κ3) is 3.36. The summed E-state index contributed by atoms with van der Waals surface area (Å²) in [5.74, 6) is 0.175. The number of anilines is 2. The Balaban J connectivity index is 1.86. The van der Waals surface area contributed by atoms with Gasteiger partial charge in [0.25, 0.3) is 5.91 Å². The standard InChI is InChI=1S/C20H22N2O3/c1-12-9-13(2)19(14(3)10-12)21-20(24)18-11-22(15(4)23)16-7-5-6-8-17(16)25-18/h5-10,18H,11H2,1-4H3,(H,21,24). The fourth-order valence-electron chi connectivity index (χ4n) is 3.25. The summed E-state index contributed by atoms with van der Waals surface area (Å²) in [6.45, 7) is 7.65. The summed E-state index contributed by atoms with van der Waals surface area (Å²) in [6, 6.07) is 11.3. The van der Waals surface area contributed by atoms with Crippen molar-refractivity contribution in [2.24, 2.45) is 0 Å². The van der Waals surface area contributed by atoms with Crippen molar-refractivity contribution >= 4 is 23.2 Å². The molecule has 3 rings (SSSR count). The van der Waals surface area contributed by atoms with Gasteiger partial charge >= 0.3 is 0 Å². The first kappa shape index (κ1) is 17.0. The highest BCUT2D eigenvalue weighted by molar-refractivity contribution is 6.00. The molecule has 1 unspecified atom stereocenters. The normalized spacial score (nSPS) is 16.0. The number of ether oxygens (including phenoxy) is 1. The van der Waals surface area contributed by atoms with Crippen LogP contribution in [0.4, 0.5) is 11.4 Å². The molecule has 0 radical (unpaired) electrons. The van der Waals surface area contributed by atoms with Crippen LogP contribution in [0.5, 0.6) is 5.75 Å². The lowest BCUT2D eigenvalue weighted by atomic mass is 10.0. The molecule has 1 aliphatic heterocycles. The largest absolute Gasteiger partial charge is 0.476 e. The van der Waals surface area contributed by atoms with Crippen molar-refractivity contribution in [2.75, 3.05) is 16.8 Å². The zero-order valence-electron chi connectivity index (χ0n) is 14.9. The van der Waals surface area contributed by atoms with Crippen LogP contribution in [0.15, 0.2) is 36.4 Å². The molecular formula is C20H22N2O3. The molecule has 0 saturated heterocycles. The molecule has 1 atom stereocenters. The van der Waals surface area contributed by atoms with E-state index >= 15 is 0 Å². The highest BCUT2D eigenvalue weighted by Gasteiger charge is 2.32. The van der Waals surface area contributed by atoms with Gasteiger partial charge in [0.2, 0.25) is 5.91 Å². The predicted molar refractivity (Wildman–Crippen MR) is 98.2 cm³/mol. The van der Waals surface area contributed by atoms with Gasteiger partial charge in [0.1, 0.15) is 5.75 Å². The maximum Gasteiger partial charge on any atom is 0.267 e. The van der Waals surface area contributed by atoms with E-state index in [1.54, 1.807) is 11.0 Å². The van der Waals surface area contributed by atoms with Gasteiger partial charge < -0.3 is 15.0 Å². The van der Waals surface area contributed by atoms with Crippen LogP contribution in [0.2, 0.25) is 0 Å². The smallest absolute Gasteiger partial charge is 0.267 e. The van der Waals surface area contributed by atoms with Crippen LogP contribution in [0, 0.1) is 20.8 Å². The van der Waals surface area contributed by atoms with Crippen molar-refractivity contribution in [3.63, 3.8) is 0 Å². The van der Waals surface area contributed by atoms with Crippen molar-refractivity contribution in [2.45, 2.75) is 33.8 Å². The van der Waals surface area contributed by atoms with Crippen molar-refractivity contribution in [3.05, 3.63) is 53.1 Å². The quantitative estimate of drug-likeness (QED) is 0.913. The maximum absolute atomic E-state index is 12.8. The Kier molecular flexibility index (Phi) is 4.49. The Morgan fingerprint density at radius 1 is 1.12 bits per heavy atom. The molecule has 1 heterocycles. The Morgan fingerprint density at radius 3 is 2.40 bits per heavy atom. The first-order valence-electron chi connectivity index (χ1n) is 8.29. The molecule has 0 bridgehead atoms. The van der Waals surface area contributed by atoms with Gasteiger partial charge in [0.15, 0.2) is 6.10 Å². The van der Waals surface area contributed by atoms with E-state index in [1.165, 1.54) is 6.92 Å². The molecule has 0 spiro atoms. The molecule has 0 fully saturated rings. The van der Waals surface area contributed by atoms with Gasteiger partial charge in [-0.1, -0.05) is 29.8 Å². The van der Waals surface area contributed by atoms with E-state index < -0.39 is 6.10 Å². The van der Waals surface area contributed by atoms with Gasteiger partial charge in [-0.2, -0.15) is 0 Å². The number of rotatable bonds is 2. The van der Waals surface area contributed by atoms with Crippen molar-refractivity contribution in [3.8, 4) is 5.75 Å². The number of amides is 2. The van der Waals surface area contributed by atoms with E-state index in [2.05, 4.69) is 5.32 Å². The minimum Gasteiger partial charge on any atom is -0.476 e. The second-order valence-corrected chi connectivity index (χ2v) is 6.47. The third-order valence-electron chi connectivity index (χ3n) is 4.37. The zero-order chi connectivity index (χ0) is 18.1. The van der Waals surface area contributed by atoms with Gasteiger partial charge in [-0.15, -0.1) is 0 Å². The Labute approximate surface area is 147 Å². The number of fused-ring (bicyclic) bond motifs is 1. The fourth-order valence-corrected chi connectivity index (χ4v) is 3.25. The Hall–Kier alpha value is -2.82. The number of nitrogens with one attached hydrogen (secondary N) is 1. The Morgan fingerprint density at radius 2 is 1.76 bits per heavy atom. The topological polar surface area (TPSA) is 58.6 Å².